The van der Waals surface area contributed by atoms with Gasteiger partial charge >= 0.3 is 0 Å². The van der Waals surface area contributed by atoms with Crippen LogP contribution in [-0.2, 0) is 11.3 Å². The fourth-order valence-electron chi connectivity index (χ4n) is 2.65. The SMILES string of the molecule is Cc1n[nH]c(C)c1NCc1ccc(N2CCOCC2)cc1. The summed E-state index contributed by atoms with van der Waals surface area (Å²) in [7, 11) is 0. The van der Waals surface area contributed by atoms with E-state index < -0.39 is 0 Å². The molecule has 0 amide bonds. The minimum atomic E-state index is 0.810. The first-order chi connectivity index (χ1) is 10.2. The number of aromatic nitrogens is 2. The van der Waals surface area contributed by atoms with Gasteiger partial charge in [0, 0.05) is 25.3 Å². The third kappa shape index (κ3) is 3.19. The summed E-state index contributed by atoms with van der Waals surface area (Å²) >= 11 is 0. The summed E-state index contributed by atoms with van der Waals surface area (Å²) in [6.07, 6.45) is 0. The van der Waals surface area contributed by atoms with Gasteiger partial charge in [0.2, 0.25) is 0 Å². The van der Waals surface area contributed by atoms with Crippen LogP contribution >= 0.6 is 0 Å². The highest BCUT2D eigenvalue weighted by atomic mass is 16.5. The van der Waals surface area contributed by atoms with Crippen LogP contribution in [0.3, 0.4) is 0 Å². The molecule has 112 valence electrons. The van der Waals surface area contributed by atoms with E-state index in [4.69, 9.17) is 4.74 Å². The highest BCUT2D eigenvalue weighted by molar-refractivity contribution is 5.52. The van der Waals surface area contributed by atoms with Crippen LogP contribution in [0.2, 0.25) is 0 Å². The van der Waals surface area contributed by atoms with E-state index in [0.29, 0.717) is 0 Å². The zero-order valence-corrected chi connectivity index (χ0v) is 12.6. The molecule has 2 heterocycles. The van der Waals surface area contributed by atoms with Crippen molar-refractivity contribution in [3.05, 3.63) is 41.2 Å². The molecule has 1 aromatic carbocycles. The molecular formula is C16H22N4O. The third-order valence-corrected chi connectivity index (χ3v) is 3.91. The highest BCUT2D eigenvalue weighted by Gasteiger charge is 2.11. The Morgan fingerprint density at radius 2 is 1.90 bits per heavy atom. The number of nitrogens with one attached hydrogen (secondary N) is 2. The zero-order chi connectivity index (χ0) is 14.7. The van der Waals surface area contributed by atoms with Gasteiger partial charge < -0.3 is 15.0 Å². The van der Waals surface area contributed by atoms with Gasteiger partial charge in [0.1, 0.15) is 0 Å². The second-order valence-corrected chi connectivity index (χ2v) is 5.43. The van der Waals surface area contributed by atoms with Gasteiger partial charge in [-0.05, 0) is 31.5 Å². The van der Waals surface area contributed by atoms with Gasteiger partial charge in [-0.3, -0.25) is 5.10 Å². The van der Waals surface area contributed by atoms with Gasteiger partial charge in [0.05, 0.1) is 30.3 Å². The largest absolute Gasteiger partial charge is 0.378 e. The van der Waals surface area contributed by atoms with Crippen LogP contribution in [0.25, 0.3) is 0 Å². The lowest BCUT2D eigenvalue weighted by Gasteiger charge is -2.28. The number of aromatic amines is 1. The summed E-state index contributed by atoms with van der Waals surface area (Å²) in [6.45, 7) is 8.45. The van der Waals surface area contributed by atoms with E-state index in [1.165, 1.54) is 11.3 Å². The smallest absolute Gasteiger partial charge is 0.0825 e. The molecular weight excluding hydrogens is 264 g/mol. The fourth-order valence-corrected chi connectivity index (χ4v) is 2.65. The summed E-state index contributed by atoms with van der Waals surface area (Å²) in [5, 5.41) is 10.6. The molecule has 21 heavy (non-hydrogen) atoms. The number of nitrogens with zero attached hydrogens (tertiary/aromatic N) is 2. The quantitative estimate of drug-likeness (QED) is 0.906. The fraction of sp³-hybridized carbons (Fsp3) is 0.438. The molecule has 0 unspecified atom stereocenters. The summed E-state index contributed by atoms with van der Waals surface area (Å²) in [5.41, 5.74) is 5.74. The van der Waals surface area contributed by atoms with E-state index in [0.717, 1.165) is 49.9 Å². The van der Waals surface area contributed by atoms with Gasteiger partial charge in [0.15, 0.2) is 0 Å². The van der Waals surface area contributed by atoms with Crippen LogP contribution in [0.5, 0.6) is 0 Å². The van der Waals surface area contributed by atoms with Crippen molar-refractivity contribution in [1.82, 2.24) is 10.2 Å². The number of rotatable bonds is 4. The molecule has 3 rings (SSSR count). The van der Waals surface area contributed by atoms with E-state index >= 15 is 0 Å². The Kier molecular flexibility index (Phi) is 4.10. The van der Waals surface area contributed by atoms with Crippen molar-refractivity contribution < 1.29 is 4.74 Å². The van der Waals surface area contributed by atoms with Crippen molar-refractivity contribution in [3.63, 3.8) is 0 Å². The average Bonchev–Trinajstić information content (AvgIpc) is 2.85. The van der Waals surface area contributed by atoms with Crippen molar-refractivity contribution in [2.75, 3.05) is 36.5 Å². The lowest BCUT2D eigenvalue weighted by Crippen LogP contribution is -2.36. The van der Waals surface area contributed by atoms with Crippen LogP contribution in [0.1, 0.15) is 17.0 Å². The number of anilines is 2. The Bertz CT molecular complexity index is 565. The number of ether oxygens (including phenoxy) is 1. The molecule has 1 aliphatic rings. The predicted octanol–water partition coefficient (Wildman–Crippen LogP) is 2.48. The van der Waals surface area contributed by atoms with Crippen molar-refractivity contribution in [2.45, 2.75) is 20.4 Å². The maximum absolute atomic E-state index is 5.39. The first-order valence-electron chi connectivity index (χ1n) is 7.41. The van der Waals surface area contributed by atoms with Crippen molar-refractivity contribution in [2.24, 2.45) is 0 Å². The van der Waals surface area contributed by atoms with Crippen molar-refractivity contribution in [1.29, 1.82) is 0 Å². The second-order valence-electron chi connectivity index (χ2n) is 5.43. The number of hydrogen-bond acceptors (Lipinski definition) is 4. The molecule has 1 aliphatic heterocycles. The van der Waals surface area contributed by atoms with Gasteiger partial charge in [-0.15, -0.1) is 0 Å². The Balaban J connectivity index is 1.62. The van der Waals surface area contributed by atoms with E-state index in [2.05, 4.69) is 44.7 Å². The Hall–Kier alpha value is -2.01. The van der Waals surface area contributed by atoms with Crippen molar-refractivity contribution in [3.8, 4) is 0 Å². The molecule has 2 aromatic rings. The zero-order valence-electron chi connectivity index (χ0n) is 12.6. The first kappa shape index (κ1) is 13.9. The number of aryl methyl sites for hydroxylation is 2. The first-order valence-corrected chi connectivity index (χ1v) is 7.41. The molecule has 1 fully saturated rings. The number of hydrogen-bond donors (Lipinski definition) is 2. The van der Waals surface area contributed by atoms with Crippen LogP contribution in [-0.4, -0.2) is 36.5 Å². The molecule has 0 bridgehead atoms. The summed E-state index contributed by atoms with van der Waals surface area (Å²) in [5.74, 6) is 0. The highest BCUT2D eigenvalue weighted by Crippen LogP contribution is 2.19. The monoisotopic (exact) mass is 286 g/mol. The van der Waals surface area contributed by atoms with Gasteiger partial charge in [-0.25, -0.2) is 0 Å². The minimum absolute atomic E-state index is 0.810. The molecule has 2 N–H and O–H groups in total. The van der Waals surface area contributed by atoms with E-state index in [-0.39, 0.29) is 0 Å². The lowest BCUT2D eigenvalue weighted by atomic mass is 10.2. The van der Waals surface area contributed by atoms with Gasteiger partial charge in [-0.2, -0.15) is 5.10 Å². The van der Waals surface area contributed by atoms with Gasteiger partial charge in [-0.1, -0.05) is 12.1 Å². The maximum Gasteiger partial charge on any atom is 0.0825 e. The Morgan fingerprint density at radius 3 is 2.52 bits per heavy atom. The van der Waals surface area contributed by atoms with E-state index in [1.807, 2.05) is 13.8 Å². The summed E-state index contributed by atoms with van der Waals surface area (Å²) in [4.78, 5) is 2.37. The second kappa shape index (κ2) is 6.18. The molecule has 0 radical (unpaired) electrons. The Labute approximate surface area is 125 Å². The molecule has 0 spiro atoms. The van der Waals surface area contributed by atoms with Crippen LogP contribution in [0, 0.1) is 13.8 Å². The molecule has 1 saturated heterocycles. The number of morpholine rings is 1. The number of benzene rings is 1. The van der Waals surface area contributed by atoms with Crippen LogP contribution < -0.4 is 10.2 Å². The predicted molar refractivity (Wildman–Crippen MR) is 84.9 cm³/mol. The molecule has 5 nitrogen and oxygen atoms in total. The lowest BCUT2D eigenvalue weighted by molar-refractivity contribution is 0.122. The molecule has 0 atom stereocenters. The number of H-pyrrole nitrogens is 1. The third-order valence-electron chi connectivity index (χ3n) is 3.91. The van der Waals surface area contributed by atoms with Crippen molar-refractivity contribution >= 4 is 11.4 Å². The maximum atomic E-state index is 5.39. The van der Waals surface area contributed by atoms with Crippen LogP contribution in [0.15, 0.2) is 24.3 Å². The van der Waals surface area contributed by atoms with E-state index in [1.54, 1.807) is 0 Å². The minimum Gasteiger partial charge on any atom is -0.378 e. The molecule has 1 aromatic heterocycles. The van der Waals surface area contributed by atoms with Crippen LogP contribution in [0.4, 0.5) is 11.4 Å². The molecule has 0 saturated carbocycles. The normalized spacial score (nSPS) is 15.2. The molecule has 0 aliphatic carbocycles. The van der Waals surface area contributed by atoms with E-state index in [9.17, 15) is 0 Å². The topological polar surface area (TPSA) is 53.2 Å². The average molecular weight is 286 g/mol. The summed E-state index contributed by atoms with van der Waals surface area (Å²) in [6, 6.07) is 8.75. The standard InChI is InChI=1S/C16H22N4O/c1-12-16(13(2)19-18-12)17-11-14-3-5-15(6-4-14)20-7-9-21-10-8-20/h3-6,17H,7-11H2,1-2H3,(H,18,19). The Morgan fingerprint density at radius 1 is 1.19 bits per heavy atom. The molecule has 5 heteroatoms. The summed E-state index contributed by atoms with van der Waals surface area (Å²) < 4.78 is 5.39. The van der Waals surface area contributed by atoms with Gasteiger partial charge in [0.25, 0.3) is 0 Å².